The molecule has 2 heterocycles. The molecule has 124 valence electrons. The molecular formula is C18H20N4O2. The Kier molecular flexibility index (Phi) is 4.46. The van der Waals surface area contributed by atoms with Gasteiger partial charge in [-0.3, -0.25) is 14.5 Å². The Labute approximate surface area is 140 Å². The number of ether oxygens (including phenoxy) is 1. The van der Waals surface area contributed by atoms with Crippen LogP contribution in [0.4, 0.5) is 5.69 Å². The Balaban J connectivity index is 1.65. The molecular weight excluding hydrogens is 304 g/mol. The van der Waals surface area contributed by atoms with Crippen LogP contribution < -0.4 is 10.1 Å². The second-order valence-electron chi connectivity index (χ2n) is 5.71. The molecule has 0 saturated heterocycles. The second kappa shape index (κ2) is 6.70. The molecule has 6 nitrogen and oxygen atoms in total. The number of amides is 1. The summed E-state index contributed by atoms with van der Waals surface area (Å²) in [6, 6.07) is 7.58. The molecule has 24 heavy (non-hydrogen) atoms. The van der Waals surface area contributed by atoms with Gasteiger partial charge in [-0.1, -0.05) is 0 Å². The third-order valence-corrected chi connectivity index (χ3v) is 4.13. The smallest absolute Gasteiger partial charge is 0.224 e. The van der Waals surface area contributed by atoms with Crippen molar-refractivity contribution in [3.8, 4) is 5.75 Å². The first kappa shape index (κ1) is 16.0. The minimum atomic E-state index is -0.0343. The zero-order valence-corrected chi connectivity index (χ0v) is 14.0. The van der Waals surface area contributed by atoms with E-state index in [1.807, 2.05) is 49.1 Å². The number of methoxy groups -OCH3 is 1. The summed E-state index contributed by atoms with van der Waals surface area (Å²) >= 11 is 0. The van der Waals surface area contributed by atoms with Crippen molar-refractivity contribution in [3.05, 3.63) is 47.9 Å². The Morgan fingerprint density at radius 1 is 1.29 bits per heavy atom. The van der Waals surface area contributed by atoms with Crippen LogP contribution in [0.15, 0.2) is 36.7 Å². The van der Waals surface area contributed by atoms with E-state index >= 15 is 0 Å². The molecule has 0 spiro atoms. The molecule has 0 aliphatic carbocycles. The number of anilines is 1. The van der Waals surface area contributed by atoms with Crippen molar-refractivity contribution in [1.29, 1.82) is 0 Å². The summed E-state index contributed by atoms with van der Waals surface area (Å²) in [5, 5.41) is 8.05. The number of nitrogens with zero attached hydrogens (tertiary/aromatic N) is 3. The van der Waals surface area contributed by atoms with E-state index < -0.39 is 0 Å². The first-order chi connectivity index (χ1) is 11.6. The van der Waals surface area contributed by atoms with Crippen LogP contribution in [0.25, 0.3) is 10.9 Å². The average Bonchev–Trinajstić information content (AvgIpc) is 2.91. The van der Waals surface area contributed by atoms with E-state index in [4.69, 9.17) is 4.74 Å². The maximum Gasteiger partial charge on any atom is 0.224 e. The summed E-state index contributed by atoms with van der Waals surface area (Å²) in [6.07, 6.45) is 4.56. The quantitative estimate of drug-likeness (QED) is 0.783. The Morgan fingerprint density at radius 2 is 2.12 bits per heavy atom. The Morgan fingerprint density at radius 3 is 2.83 bits per heavy atom. The van der Waals surface area contributed by atoms with Gasteiger partial charge in [-0.15, -0.1) is 0 Å². The average molecular weight is 324 g/mol. The first-order valence-corrected chi connectivity index (χ1v) is 7.78. The molecule has 0 radical (unpaired) electrons. The van der Waals surface area contributed by atoms with Crippen LogP contribution in [0.5, 0.6) is 5.75 Å². The zero-order valence-electron chi connectivity index (χ0n) is 14.0. The summed E-state index contributed by atoms with van der Waals surface area (Å²) < 4.78 is 7.00. The number of hydrogen-bond donors (Lipinski definition) is 1. The monoisotopic (exact) mass is 324 g/mol. The van der Waals surface area contributed by atoms with E-state index in [1.165, 1.54) is 0 Å². The van der Waals surface area contributed by atoms with E-state index in [9.17, 15) is 4.79 Å². The molecule has 2 aromatic heterocycles. The van der Waals surface area contributed by atoms with Crippen LogP contribution in [0.1, 0.15) is 17.7 Å². The van der Waals surface area contributed by atoms with Gasteiger partial charge in [-0.25, -0.2) is 0 Å². The molecule has 1 amide bonds. The number of carbonyl (C=O) groups excluding carboxylic acids is 1. The number of carbonyl (C=O) groups is 1. The van der Waals surface area contributed by atoms with Crippen molar-refractivity contribution in [2.75, 3.05) is 12.4 Å². The lowest BCUT2D eigenvalue weighted by Crippen LogP contribution is -2.12. The van der Waals surface area contributed by atoms with Crippen LogP contribution >= 0.6 is 0 Å². The summed E-state index contributed by atoms with van der Waals surface area (Å²) in [5.41, 5.74) is 3.71. The fourth-order valence-electron chi connectivity index (χ4n) is 2.56. The molecule has 6 heteroatoms. The Bertz CT molecular complexity index is 886. The van der Waals surface area contributed by atoms with Gasteiger partial charge in [0.2, 0.25) is 5.91 Å². The maximum atomic E-state index is 12.2. The lowest BCUT2D eigenvalue weighted by molar-refractivity contribution is -0.116. The number of hydrogen-bond acceptors (Lipinski definition) is 4. The van der Waals surface area contributed by atoms with Crippen molar-refractivity contribution in [2.45, 2.75) is 19.8 Å². The number of pyridine rings is 1. The number of rotatable bonds is 5. The Hall–Kier alpha value is -2.89. The van der Waals surface area contributed by atoms with Gasteiger partial charge in [0.1, 0.15) is 5.75 Å². The highest BCUT2D eigenvalue weighted by Crippen LogP contribution is 2.21. The van der Waals surface area contributed by atoms with Gasteiger partial charge in [0.25, 0.3) is 0 Å². The predicted molar refractivity (Wildman–Crippen MR) is 93.2 cm³/mol. The van der Waals surface area contributed by atoms with Gasteiger partial charge in [0, 0.05) is 30.6 Å². The molecule has 1 aromatic carbocycles. The van der Waals surface area contributed by atoms with Gasteiger partial charge >= 0.3 is 0 Å². The van der Waals surface area contributed by atoms with Gasteiger partial charge < -0.3 is 10.1 Å². The standard InChI is InChI=1S/C18H20N4O2/c1-12-14(10-20-22(12)2)5-7-18(23)21-15-8-13-4-6-16(24-3)9-17(13)19-11-15/h4,6,8-11H,5,7H2,1-3H3,(H,21,23). The number of aromatic nitrogens is 3. The number of fused-ring (bicyclic) bond motifs is 1. The molecule has 0 fully saturated rings. The van der Waals surface area contributed by atoms with Crippen molar-refractivity contribution in [2.24, 2.45) is 7.05 Å². The summed E-state index contributed by atoms with van der Waals surface area (Å²) in [5.74, 6) is 0.728. The molecule has 0 aliphatic rings. The molecule has 1 N–H and O–H groups in total. The topological polar surface area (TPSA) is 69.0 Å². The third kappa shape index (κ3) is 3.37. The minimum absolute atomic E-state index is 0.0343. The third-order valence-electron chi connectivity index (χ3n) is 4.13. The van der Waals surface area contributed by atoms with E-state index in [0.29, 0.717) is 18.5 Å². The largest absolute Gasteiger partial charge is 0.497 e. The summed E-state index contributed by atoms with van der Waals surface area (Å²) in [7, 11) is 3.52. The second-order valence-corrected chi connectivity index (χ2v) is 5.71. The molecule has 0 atom stereocenters. The molecule has 3 aromatic rings. The van der Waals surface area contributed by atoms with Gasteiger partial charge in [0.15, 0.2) is 0 Å². The highest BCUT2D eigenvalue weighted by Gasteiger charge is 2.08. The van der Waals surface area contributed by atoms with Gasteiger partial charge in [0.05, 0.1) is 30.7 Å². The van der Waals surface area contributed by atoms with Crippen molar-refractivity contribution >= 4 is 22.5 Å². The fraction of sp³-hybridized carbons (Fsp3) is 0.278. The van der Waals surface area contributed by atoms with E-state index in [1.54, 1.807) is 13.3 Å². The normalized spacial score (nSPS) is 10.8. The molecule has 0 saturated carbocycles. The number of aryl methyl sites for hydroxylation is 2. The lowest BCUT2D eigenvalue weighted by Gasteiger charge is -2.07. The molecule has 0 aliphatic heterocycles. The fourth-order valence-corrected chi connectivity index (χ4v) is 2.56. The molecule has 3 rings (SSSR count). The predicted octanol–water partition coefficient (Wildman–Crippen LogP) is 2.86. The van der Waals surface area contributed by atoms with Crippen LogP contribution in [0, 0.1) is 6.92 Å². The summed E-state index contributed by atoms with van der Waals surface area (Å²) in [4.78, 5) is 16.5. The summed E-state index contributed by atoms with van der Waals surface area (Å²) in [6.45, 7) is 2.00. The zero-order chi connectivity index (χ0) is 17.1. The van der Waals surface area contributed by atoms with Crippen LogP contribution in [0.2, 0.25) is 0 Å². The highest BCUT2D eigenvalue weighted by atomic mass is 16.5. The van der Waals surface area contributed by atoms with Crippen molar-refractivity contribution in [3.63, 3.8) is 0 Å². The lowest BCUT2D eigenvalue weighted by atomic mass is 10.1. The van der Waals surface area contributed by atoms with E-state index in [0.717, 1.165) is 27.9 Å². The maximum absolute atomic E-state index is 12.2. The van der Waals surface area contributed by atoms with E-state index in [2.05, 4.69) is 15.4 Å². The van der Waals surface area contributed by atoms with Crippen LogP contribution in [0.3, 0.4) is 0 Å². The van der Waals surface area contributed by atoms with Gasteiger partial charge in [-0.2, -0.15) is 5.10 Å². The van der Waals surface area contributed by atoms with Crippen molar-refractivity contribution in [1.82, 2.24) is 14.8 Å². The van der Waals surface area contributed by atoms with E-state index in [-0.39, 0.29) is 5.91 Å². The molecule has 0 unspecified atom stereocenters. The van der Waals surface area contributed by atoms with Crippen molar-refractivity contribution < 1.29 is 9.53 Å². The first-order valence-electron chi connectivity index (χ1n) is 7.78. The minimum Gasteiger partial charge on any atom is -0.497 e. The van der Waals surface area contributed by atoms with Gasteiger partial charge in [-0.05, 0) is 37.1 Å². The number of benzene rings is 1. The molecule has 0 bridgehead atoms. The highest BCUT2D eigenvalue weighted by molar-refractivity contribution is 5.93. The van der Waals surface area contributed by atoms with Crippen LogP contribution in [-0.2, 0) is 18.3 Å². The number of nitrogens with one attached hydrogen (secondary N) is 1. The SMILES string of the molecule is COc1ccc2cc(NC(=O)CCc3cnn(C)c3C)cnc2c1. The van der Waals surface area contributed by atoms with Crippen LogP contribution in [-0.4, -0.2) is 27.8 Å².